The Bertz CT molecular complexity index is 669. The molecular formula is C13H17N3O2S3. The second kappa shape index (κ2) is 7.24. The van der Waals surface area contributed by atoms with E-state index >= 15 is 0 Å². The summed E-state index contributed by atoms with van der Waals surface area (Å²) in [7, 11) is -3.46. The molecule has 8 heteroatoms. The van der Waals surface area contributed by atoms with Gasteiger partial charge in [-0.3, -0.25) is 4.72 Å². The van der Waals surface area contributed by atoms with Gasteiger partial charge >= 0.3 is 0 Å². The summed E-state index contributed by atoms with van der Waals surface area (Å²) in [6.45, 7) is 4.25. The fourth-order valence-corrected chi connectivity index (χ4v) is 4.65. The van der Waals surface area contributed by atoms with Gasteiger partial charge in [-0.15, -0.1) is 10.2 Å². The number of benzene rings is 1. The van der Waals surface area contributed by atoms with Gasteiger partial charge < -0.3 is 0 Å². The molecular weight excluding hydrogens is 326 g/mol. The molecule has 1 aromatic carbocycles. The van der Waals surface area contributed by atoms with Crippen LogP contribution >= 0.6 is 23.1 Å². The van der Waals surface area contributed by atoms with Crippen molar-refractivity contribution in [3.8, 4) is 0 Å². The lowest BCUT2D eigenvalue weighted by Crippen LogP contribution is -2.14. The Hall–Kier alpha value is -1.12. The summed E-state index contributed by atoms with van der Waals surface area (Å²) in [5.74, 6) is 1.42. The minimum Gasteiger partial charge on any atom is -0.257 e. The van der Waals surface area contributed by atoms with Gasteiger partial charge in [-0.05, 0) is 11.5 Å². The fraction of sp³-hybridized carbons (Fsp3) is 0.385. The first-order chi connectivity index (χ1) is 9.94. The third-order valence-corrected chi connectivity index (χ3v) is 6.13. The van der Waals surface area contributed by atoms with E-state index in [0.29, 0.717) is 11.0 Å². The largest absolute Gasteiger partial charge is 0.257 e. The van der Waals surface area contributed by atoms with Crippen LogP contribution in [0.15, 0.2) is 34.7 Å². The molecule has 0 aliphatic rings. The Morgan fingerprint density at radius 2 is 1.95 bits per heavy atom. The molecule has 0 saturated carbocycles. The molecule has 0 fully saturated rings. The molecule has 0 aliphatic carbocycles. The topological polar surface area (TPSA) is 72.0 Å². The standard InChI is InChI=1S/C13H17N3O2S3/c1-10(2)8-19-13-15-14-12(20-13)16-21(17,18)9-11-6-4-3-5-7-11/h3-7,10H,8-9H2,1-2H3,(H,14,16). The summed E-state index contributed by atoms with van der Waals surface area (Å²) < 4.78 is 27.4. The van der Waals surface area contributed by atoms with E-state index in [-0.39, 0.29) is 5.75 Å². The summed E-state index contributed by atoms with van der Waals surface area (Å²) in [4.78, 5) is 0. The van der Waals surface area contributed by atoms with E-state index in [1.165, 1.54) is 11.3 Å². The van der Waals surface area contributed by atoms with Crippen molar-refractivity contribution in [3.05, 3.63) is 35.9 Å². The molecule has 0 radical (unpaired) electrons. The molecule has 0 unspecified atom stereocenters. The van der Waals surface area contributed by atoms with Gasteiger partial charge in [0.05, 0.1) is 5.75 Å². The number of rotatable bonds is 7. The summed E-state index contributed by atoms with van der Waals surface area (Å²) in [5, 5.41) is 8.18. The minimum atomic E-state index is -3.46. The second-order valence-electron chi connectivity index (χ2n) is 4.92. The average molecular weight is 343 g/mol. The number of aromatic nitrogens is 2. The van der Waals surface area contributed by atoms with Crippen LogP contribution in [0.1, 0.15) is 19.4 Å². The van der Waals surface area contributed by atoms with Crippen molar-refractivity contribution in [2.45, 2.75) is 23.9 Å². The van der Waals surface area contributed by atoms with E-state index in [1.807, 2.05) is 18.2 Å². The van der Waals surface area contributed by atoms with Crippen LogP contribution in [-0.4, -0.2) is 24.4 Å². The molecule has 0 aliphatic heterocycles. The maximum Gasteiger partial charge on any atom is 0.238 e. The van der Waals surface area contributed by atoms with E-state index in [0.717, 1.165) is 15.7 Å². The van der Waals surface area contributed by atoms with Crippen LogP contribution in [0.2, 0.25) is 0 Å². The Morgan fingerprint density at radius 1 is 1.24 bits per heavy atom. The number of hydrogen-bond donors (Lipinski definition) is 1. The van der Waals surface area contributed by atoms with Crippen molar-refractivity contribution >= 4 is 38.3 Å². The van der Waals surface area contributed by atoms with Crippen LogP contribution in [0, 0.1) is 5.92 Å². The van der Waals surface area contributed by atoms with Gasteiger partial charge in [0, 0.05) is 5.75 Å². The third-order valence-electron chi connectivity index (χ3n) is 2.39. The summed E-state index contributed by atoms with van der Waals surface area (Å²) in [5.41, 5.74) is 0.740. The van der Waals surface area contributed by atoms with E-state index in [1.54, 1.807) is 23.9 Å². The van der Waals surface area contributed by atoms with E-state index < -0.39 is 10.0 Å². The highest BCUT2D eigenvalue weighted by Gasteiger charge is 2.15. The Labute approximate surface area is 133 Å². The van der Waals surface area contributed by atoms with Crippen molar-refractivity contribution in [3.63, 3.8) is 0 Å². The molecule has 5 nitrogen and oxygen atoms in total. The average Bonchev–Trinajstić information content (AvgIpc) is 2.83. The molecule has 1 heterocycles. The molecule has 1 N–H and O–H groups in total. The zero-order valence-corrected chi connectivity index (χ0v) is 14.3. The molecule has 0 saturated heterocycles. The van der Waals surface area contributed by atoms with Crippen LogP contribution in [0.4, 0.5) is 5.13 Å². The Morgan fingerprint density at radius 3 is 2.62 bits per heavy atom. The number of sulfonamides is 1. The third kappa shape index (κ3) is 5.64. The summed E-state index contributed by atoms with van der Waals surface area (Å²) >= 11 is 2.85. The lowest BCUT2D eigenvalue weighted by Gasteiger charge is -2.04. The highest BCUT2D eigenvalue weighted by Crippen LogP contribution is 2.27. The monoisotopic (exact) mass is 343 g/mol. The number of thioether (sulfide) groups is 1. The maximum atomic E-state index is 12.1. The Balaban J connectivity index is 1.97. The van der Waals surface area contributed by atoms with Gasteiger partial charge in [-0.25, -0.2) is 8.42 Å². The van der Waals surface area contributed by atoms with Crippen LogP contribution in [0.5, 0.6) is 0 Å². The quantitative estimate of drug-likeness (QED) is 0.782. The number of nitrogens with zero attached hydrogens (tertiary/aromatic N) is 2. The molecule has 2 aromatic rings. The fourth-order valence-electron chi connectivity index (χ4n) is 1.51. The minimum absolute atomic E-state index is 0.0676. The highest BCUT2D eigenvalue weighted by atomic mass is 32.2. The first kappa shape index (κ1) is 16.3. The predicted molar refractivity (Wildman–Crippen MR) is 88.2 cm³/mol. The van der Waals surface area contributed by atoms with Gasteiger partial charge in [0.25, 0.3) is 0 Å². The lowest BCUT2D eigenvalue weighted by atomic mass is 10.2. The van der Waals surface area contributed by atoms with E-state index in [9.17, 15) is 8.42 Å². The summed E-state index contributed by atoms with van der Waals surface area (Å²) in [6, 6.07) is 9.05. The van der Waals surface area contributed by atoms with Crippen molar-refractivity contribution in [2.75, 3.05) is 10.5 Å². The highest BCUT2D eigenvalue weighted by molar-refractivity contribution is 8.01. The maximum absolute atomic E-state index is 12.1. The molecule has 114 valence electrons. The van der Waals surface area contributed by atoms with Crippen LogP contribution < -0.4 is 4.72 Å². The molecule has 2 rings (SSSR count). The predicted octanol–water partition coefficient (Wildman–Crippen LogP) is 3.23. The van der Waals surface area contributed by atoms with Gasteiger partial charge in [0.1, 0.15) is 0 Å². The van der Waals surface area contributed by atoms with Crippen molar-refractivity contribution in [1.82, 2.24) is 10.2 Å². The smallest absolute Gasteiger partial charge is 0.238 e. The SMILES string of the molecule is CC(C)CSc1nnc(NS(=O)(=O)Cc2ccccc2)s1. The van der Waals surface area contributed by atoms with Gasteiger partial charge in [0.2, 0.25) is 15.2 Å². The summed E-state index contributed by atoms with van der Waals surface area (Å²) in [6.07, 6.45) is 0. The molecule has 0 amide bonds. The van der Waals surface area contributed by atoms with Crippen LogP contribution in [-0.2, 0) is 15.8 Å². The van der Waals surface area contributed by atoms with Crippen molar-refractivity contribution in [1.29, 1.82) is 0 Å². The molecule has 0 atom stereocenters. The first-order valence-corrected chi connectivity index (χ1v) is 9.91. The normalized spacial score (nSPS) is 11.8. The van der Waals surface area contributed by atoms with Crippen LogP contribution in [0.25, 0.3) is 0 Å². The van der Waals surface area contributed by atoms with Gasteiger partial charge in [0.15, 0.2) is 4.34 Å². The van der Waals surface area contributed by atoms with Crippen LogP contribution in [0.3, 0.4) is 0 Å². The second-order valence-corrected chi connectivity index (χ2v) is 8.89. The zero-order valence-electron chi connectivity index (χ0n) is 11.8. The van der Waals surface area contributed by atoms with E-state index in [4.69, 9.17) is 0 Å². The molecule has 0 bridgehead atoms. The van der Waals surface area contributed by atoms with Crippen molar-refractivity contribution in [2.24, 2.45) is 5.92 Å². The zero-order chi connectivity index (χ0) is 15.3. The number of hydrogen-bond acceptors (Lipinski definition) is 6. The number of nitrogens with one attached hydrogen (secondary N) is 1. The Kier molecular flexibility index (Phi) is 5.60. The van der Waals surface area contributed by atoms with Gasteiger partial charge in [-0.2, -0.15) is 0 Å². The molecule has 21 heavy (non-hydrogen) atoms. The molecule has 1 aromatic heterocycles. The first-order valence-electron chi connectivity index (χ1n) is 6.45. The van der Waals surface area contributed by atoms with Gasteiger partial charge in [-0.1, -0.05) is 67.3 Å². The lowest BCUT2D eigenvalue weighted by molar-refractivity contribution is 0.600. The number of anilines is 1. The van der Waals surface area contributed by atoms with Crippen molar-refractivity contribution < 1.29 is 8.42 Å². The van der Waals surface area contributed by atoms with E-state index in [2.05, 4.69) is 28.8 Å². The molecule has 0 spiro atoms.